The Hall–Kier alpha value is -2.73. The summed E-state index contributed by atoms with van der Waals surface area (Å²) in [7, 11) is 0. The van der Waals surface area contributed by atoms with Gasteiger partial charge in [-0.05, 0) is 44.9 Å². The summed E-state index contributed by atoms with van der Waals surface area (Å²) in [6.07, 6.45) is 1.07. The summed E-state index contributed by atoms with van der Waals surface area (Å²) in [5.41, 5.74) is 3.37. The summed E-state index contributed by atoms with van der Waals surface area (Å²) >= 11 is 0. The van der Waals surface area contributed by atoms with Crippen molar-refractivity contribution in [2.24, 2.45) is 10.9 Å². The van der Waals surface area contributed by atoms with Crippen LogP contribution in [0.3, 0.4) is 0 Å². The van der Waals surface area contributed by atoms with Gasteiger partial charge >= 0.3 is 0 Å². The summed E-state index contributed by atoms with van der Waals surface area (Å²) in [6, 6.07) is 14.4. The second-order valence-corrected chi connectivity index (χ2v) is 7.74. The normalized spacial score (nSPS) is 16.2. The molecule has 1 unspecified atom stereocenters. The lowest BCUT2D eigenvalue weighted by Gasteiger charge is -2.17. The van der Waals surface area contributed by atoms with Crippen LogP contribution in [0.15, 0.2) is 47.5 Å². The molecular formula is C25H35N3O3. The van der Waals surface area contributed by atoms with Crippen molar-refractivity contribution in [2.75, 3.05) is 33.0 Å². The Morgan fingerprint density at radius 1 is 1.06 bits per heavy atom. The first-order valence-electron chi connectivity index (χ1n) is 11.2. The minimum absolute atomic E-state index is 0.477. The quantitative estimate of drug-likeness (QED) is 0.444. The van der Waals surface area contributed by atoms with Crippen LogP contribution in [0.5, 0.6) is 11.5 Å². The number of aryl methyl sites for hydroxylation is 1. The van der Waals surface area contributed by atoms with Crippen LogP contribution in [0.2, 0.25) is 0 Å². The molecule has 6 heteroatoms. The third-order valence-corrected chi connectivity index (χ3v) is 5.19. The second-order valence-electron chi connectivity index (χ2n) is 7.74. The molecule has 0 saturated carbocycles. The lowest BCUT2D eigenvalue weighted by Crippen LogP contribution is -2.36. The molecule has 1 fully saturated rings. The molecule has 6 nitrogen and oxygen atoms in total. The first-order chi connectivity index (χ1) is 15.2. The van der Waals surface area contributed by atoms with Crippen LogP contribution >= 0.6 is 0 Å². The van der Waals surface area contributed by atoms with E-state index in [1.54, 1.807) is 0 Å². The van der Waals surface area contributed by atoms with Crippen LogP contribution in [-0.2, 0) is 17.8 Å². The molecule has 1 heterocycles. The van der Waals surface area contributed by atoms with Gasteiger partial charge in [0.15, 0.2) is 5.96 Å². The van der Waals surface area contributed by atoms with Crippen molar-refractivity contribution >= 4 is 5.96 Å². The van der Waals surface area contributed by atoms with Crippen molar-refractivity contribution in [3.63, 3.8) is 0 Å². The highest BCUT2D eigenvalue weighted by atomic mass is 16.5. The van der Waals surface area contributed by atoms with E-state index in [1.165, 1.54) is 5.56 Å². The number of hydrogen-bond acceptors (Lipinski definition) is 4. The van der Waals surface area contributed by atoms with Crippen LogP contribution in [0.1, 0.15) is 37.0 Å². The van der Waals surface area contributed by atoms with Crippen molar-refractivity contribution in [3.8, 4) is 11.5 Å². The molecule has 0 spiro atoms. The van der Waals surface area contributed by atoms with Crippen molar-refractivity contribution in [3.05, 3.63) is 59.2 Å². The van der Waals surface area contributed by atoms with Gasteiger partial charge in [-0.2, -0.15) is 0 Å². The van der Waals surface area contributed by atoms with Gasteiger partial charge in [-0.25, -0.2) is 4.99 Å². The molecule has 0 amide bonds. The lowest BCUT2D eigenvalue weighted by atomic mass is 10.1. The first-order valence-corrected chi connectivity index (χ1v) is 11.2. The van der Waals surface area contributed by atoms with Gasteiger partial charge in [0, 0.05) is 36.7 Å². The third kappa shape index (κ3) is 7.17. The molecule has 0 radical (unpaired) electrons. The average Bonchev–Trinajstić information content (AvgIpc) is 3.30. The molecule has 0 aliphatic carbocycles. The number of ether oxygens (including phenoxy) is 3. The second kappa shape index (κ2) is 12.2. The zero-order valence-electron chi connectivity index (χ0n) is 18.9. The zero-order chi connectivity index (χ0) is 21.9. The summed E-state index contributed by atoms with van der Waals surface area (Å²) in [4.78, 5) is 4.75. The summed E-state index contributed by atoms with van der Waals surface area (Å²) in [5, 5.41) is 6.76. The van der Waals surface area contributed by atoms with Gasteiger partial charge in [0.1, 0.15) is 11.5 Å². The highest BCUT2D eigenvalue weighted by Crippen LogP contribution is 2.23. The number of rotatable bonds is 10. The van der Waals surface area contributed by atoms with Crippen molar-refractivity contribution in [2.45, 2.75) is 40.3 Å². The minimum atomic E-state index is 0.477. The largest absolute Gasteiger partial charge is 0.494 e. The Kier molecular flexibility index (Phi) is 9.03. The fraction of sp³-hybridized carbons (Fsp3) is 0.480. The van der Waals surface area contributed by atoms with Gasteiger partial charge in [0.05, 0.1) is 26.4 Å². The van der Waals surface area contributed by atoms with E-state index in [0.29, 0.717) is 32.2 Å². The molecule has 31 heavy (non-hydrogen) atoms. The van der Waals surface area contributed by atoms with Gasteiger partial charge in [0.25, 0.3) is 0 Å². The molecule has 2 aromatic carbocycles. The highest BCUT2D eigenvalue weighted by molar-refractivity contribution is 5.79. The SMILES string of the molecule is CCNC(=NCc1ccccc1OCC)NCc1ccc(C)cc1OCC1CCOC1. The van der Waals surface area contributed by atoms with Gasteiger partial charge in [0.2, 0.25) is 0 Å². The maximum atomic E-state index is 6.17. The van der Waals surface area contributed by atoms with Gasteiger partial charge in [-0.15, -0.1) is 0 Å². The van der Waals surface area contributed by atoms with E-state index in [4.69, 9.17) is 19.2 Å². The topological polar surface area (TPSA) is 64.1 Å². The van der Waals surface area contributed by atoms with E-state index in [1.807, 2.05) is 25.1 Å². The standard InChI is InChI=1S/C25H35N3O3/c1-4-26-25(27-15-21-8-6-7-9-23(21)30-5-2)28-16-22-11-10-19(3)14-24(22)31-18-20-12-13-29-17-20/h6-11,14,20H,4-5,12-13,15-18H2,1-3H3,(H2,26,27,28). The van der Waals surface area contributed by atoms with Gasteiger partial charge < -0.3 is 24.8 Å². The minimum Gasteiger partial charge on any atom is -0.494 e. The van der Waals surface area contributed by atoms with Crippen LogP contribution < -0.4 is 20.1 Å². The molecule has 1 saturated heterocycles. The fourth-order valence-corrected chi connectivity index (χ4v) is 3.48. The number of hydrogen-bond donors (Lipinski definition) is 2. The molecule has 0 bridgehead atoms. The molecule has 3 rings (SSSR count). The van der Waals surface area contributed by atoms with Crippen LogP contribution in [0.4, 0.5) is 0 Å². The van der Waals surface area contributed by atoms with E-state index in [2.05, 4.69) is 48.7 Å². The lowest BCUT2D eigenvalue weighted by molar-refractivity contribution is 0.166. The summed E-state index contributed by atoms with van der Waals surface area (Å²) < 4.78 is 17.4. The highest BCUT2D eigenvalue weighted by Gasteiger charge is 2.17. The van der Waals surface area contributed by atoms with Crippen LogP contribution in [0.25, 0.3) is 0 Å². The number of para-hydroxylation sites is 1. The van der Waals surface area contributed by atoms with Crippen molar-refractivity contribution in [1.82, 2.24) is 10.6 Å². The molecule has 1 aliphatic rings. The number of guanidine groups is 1. The molecule has 168 valence electrons. The van der Waals surface area contributed by atoms with Gasteiger partial charge in [-0.3, -0.25) is 0 Å². The van der Waals surface area contributed by atoms with Crippen LogP contribution in [-0.4, -0.2) is 38.9 Å². The maximum Gasteiger partial charge on any atom is 0.191 e. The molecular weight excluding hydrogens is 390 g/mol. The first kappa shape index (κ1) is 22.9. The zero-order valence-corrected chi connectivity index (χ0v) is 18.9. The van der Waals surface area contributed by atoms with E-state index in [0.717, 1.165) is 54.8 Å². The fourth-order valence-electron chi connectivity index (χ4n) is 3.48. The summed E-state index contributed by atoms with van der Waals surface area (Å²) in [5.74, 6) is 3.06. The molecule has 0 aromatic heterocycles. The third-order valence-electron chi connectivity index (χ3n) is 5.19. The van der Waals surface area contributed by atoms with E-state index < -0.39 is 0 Å². The van der Waals surface area contributed by atoms with Crippen molar-refractivity contribution in [1.29, 1.82) is 0 Å². The monoisotopic (exact) mass is 425 g/mol. The van der Waals surface area contributed by atoms with Crippen LogP contribution in [0, 0.1) is 12.8 Å². The Bertz CT molecular complexity index is 848. The smallest absolute Gasteiger partial charge is 0.191 e. The molecule has 2 aromatic rings. The Labute approximate surface area is 186 Å². The molecule has 2 N–H and O–H groups in total. The van der Waals surface area contributed by atoms with Gasteiger partial charge in [-0.1, -0.05) is 30.3 Å². The maximum absolute atomic E-state index is 6.17. The predicted octanol–water partition coefficient (Wildman–Crippen LogP) is 4.06. The van der Waals surface area contributed by atoms with Crippen molar-refractivity contribution < 1.29 is 14.2 Å². The number of nitrogens with zero attached hydrogens (tertiary/aromatic N) is 1. The number of aliphatic imine (C=N–C) groups is 1. The Morgan fingerprint density at radius 2 is 1.94 bits per heavy atom. The molecule has 1 aliphatic heterocycles. The summed E-state index contributed by atoms with van der Waals surface area (Å²) in [6.45, 7) is 11.1. The molecule has 1 atom stereocenters. The van der Waals surface area contributed by atoms with E-state index in [-0.39, 0.29) is 0 Å². The average molecular weight is 426 g/mol. The number of nitrogens with one attached hydrogen (secondary N) is 2. The Morgan fingerprint density at radius 3 is 2.71 bits per heavy atom. The van der Waals surface area contributed by atoms with E-state index >= 15 is 0 Å². The predicted molar refractivity (Wildman–Crippen MR) is 125 cm³/mol. The van der Waals surface area contributed by atoms with E-state index in [9.17, 15) is 0 Å². The Balaban J connectivity index is 1.64. The number of benzene rings is 2.